The molecule has 1 saturated carbocycles. The van der Waals surface area contributed by atoms with E-state index in [1.807, 2.05) is 0 Å². The van der Waals surface area contributed by atoms with E-state index in [0.717, 1.165) is 18.3 Å². The van der Waals surface area contributed by atoms with Gasteiger partial charge in [-0.1, -0.05) is 12.8 Å². The Morgan fingerprint density at radius 1 is 1.46 bits per heavy atom. The Kier molecular flexibility index (Phi) is 2.78. The highest BCUT2D eigenvalue weighted by atomic mass is 35.5. The SMILES string of the molecule is ClCc1nnnn1CCCC1CC1. The molecule has 0 saturated heterocycles. The average molecular weight is 201 g/mol. The molecule has 0 aromatic carbocycles. The predicted octanol–water partition coefficient (Wildman–Crippen LogP) is 1.60. The number of halogens is 1. The van der Waals surface area contributed by atoms with Crippen LogP contribution in [0, 0.1) is 5.92 Å². The van der Waals surface area contributed by atoms with Gasteiger partial charge in [-0.3, -0.25) is 0 Å². The molecular formula is C8H13ClN4. The van der Waals surface area contributed by atoms with Crippen LogP contribution in [-0.4, -0.2) is 20.2 Å². The topological polar surface area (TPSA) is 43.6 Å². The predicted molar refractivity (Wildman–Crippen MR) is 49.3 cm³/mol. The van der Waals surface area contributed by atoms with Crippen LogP contribution in [0.25, 0.3) is 0 Å². The van der Waals surface area contributed by atoms with Gasteiger partial charge in [0.15, 0.2) is 5.82 Å². The van der Waals surface area contributed by atoms with Crippen molar-refractivity contribution < 1.29 is 0 Å². The Labute approximate surface area is 82.3 Å². The van der Waals surface area contributed by atoms with Crippen LogP contribution >= 0.6 is 11.6 Å². The molecule has 1 aromatic rings. The number of aromatic nitrogens is 4. The molecule has 1 aromatic heterocycles. The molecule has 4 nitrogen and oxygen atoms in total. The zero-order valence-electron chi connectivity index (χ0n) is 7.49. The van der Waals surface area contributed by atoms with Gasteiger partial charge in [-0.25, -0.2) is 4.68 Å². The molecule has 1 aliphatic rings. The molecule has 0 amide bonds. The molecule has 1 fully saturated rings. The lowest BCUT2D eigenvalue weighted by Gasteiger charge is -2.00. The minimum atomic E-state index is 0.399. The number of rotatable bonds is 5. The van der Waals surface area contributed by atoms with Crippen molar-refractivity contribution in [1.82, 2.24) is 20.2 Å². The summed E-state index contributed by atoms with van der Waals surface area (Å²) in [4.78, 5) is 0. The molecule has 0 unspecified atom stereocenters. The van der Waals surface area contributed by atoms with Gasteiger partial charge in [-0.2, -0.15) is 0 Å². The standard InChI is InChI=1S/C8H13ClN4/c9-6-8-10-11-12-13(8)5-1-2-7-3-4-7/h7H,1-6H2. The van der Waals surface area contributed by atoms with E-state index in [-0.39, 0.29) is 0 Å². The van der Waals surface area contributed by atoms with Crippen molar-refractivity contribution in [2.24, 2.45) is 5.92 Å². The molecule has 2 rings (SSSR count). The zero-order chi connectivity index (χ0) is 9.10. The maximum Gasteiger partial charge on any atom is 0.165 e. The van der Waals surface area contributed by atoms with Gasteiger partial charge in [0.25, 0.3) is 0 Å². The molecule has 0 aliphatic heterocycles. The number of aryl methyl sites for hydroxylation is 1. The fourth-order valence-electron chi connectivity index (χ4n) is 1.43. The van der Waals surface area contributed by atoms with Crippen molar-refractivity contribution in [2.45, 2.75) is 38.1 Å². The number of nitrogens with zero attached hydrogens (tertiary/aromatic N) is 4. The van der Waals surface area contributed by atoms with Crippen LogP contribution in [0.2, 0.25) is 0 Å². The Bertz CT molecular complexity index is 269. The first-order valence-electron chi connectivity index (χ1n) is 4.71. The molecule has 1 heterocycles. The lowest BCUT2D eigenvalue weighted by molar-refractivity contribution is 0.513. The first kappa shape index (κ1) is 8.94. The molecule has 72 valence electrons. The van der Waals surface area contributed by atoms with Gasteiger partial charge in [-0.05, 0) is 29.2 Å². The van der Waals surface area contributed by atoms with Gasteiger partial charge in [-0.15, -0.1) is 16.7 Å². The second-order valence-corrected chi connectivity index (χ2v) is 3.80. The largest absolute Gasteiger partial charge is 0.228 e. The van der Waals surface area contributed by atoms with Crippen molar-refractivity contribution in [2.75, 3.05) is 0 Å². The average Bonchev–Trinajstić information content (AvgIpc) is 2.84. The summed E-state index contributed by atoms with van der Waals surface area (Å²) < 4.78 is 1.80. The molecular weight excluding hydrogens is 188 g/mol. The molecule has 0 spiro atoms. The van der Waals surface area contributed by atoms with Crippen molar-refractivity contribution in [1.29, 1.82) is 0 Å². The second kappa shape index (κ2) is 4.05. The molecule has 0 N–H and O–H groups in total. The van der Waals surface area contributed by atoms with Gasteiger partial charge in [0, 0.05) is 6.54 Å². The highest BCUT2D eigenvalue weighted by Gasteiger charge is 2.20. The minimum absolute atomic E-state index is 0.399. The van der Waals surface area contributed by atoms with Gasteiger partial charge in [0.2, 0.25) is 0 Å². The second-order valence-electron chi connectivity index (χ2n) is 3.54. The summed E-state index contributed by atoms with van der Waals surface area (Å²) in [5, 5.41) is 11.3. The van der Waals surface area contributed by atoms with E-state index in [9.17, 15) is 0 Å². The van der Waals surface area contributed by atoms with E-state index in [2.05, 4.69) is 15.5 Å². The molecule has 1 aliphatic carbocycles. The molecule has 0 radical (unpaired) electrons. The normalized spacial score (nSPS) is 16.4. The Balaban J connectivity index is 1.78. The maximum atomic E-state index is 5.66. The molecule has 0 bridgehead atoms. The van der Waals surface area contributed by atoms with Crippen LogP contribution in [0.15, 0.2) is 0 Å². The maximum absolute atomic E-state index is 5.66. The summed E-state index contributed by atoms with van der Waals surface area (Å²) in [5.41, 5.74) is 0. The first-order valence-corrected chi connectivity index (χ1v) is 5.24. The Hall–Kier alpha value is -0.640. The minimum Gasteiger partial charge on any atom is -0.228 e. The van der Waals surface area contributed by atoms with E-state index in [1.54, 1.807) is 4.68 Å². The number of alkyl halides is 1. The van der Waals surface area contributed by atoms with E-state index in [1.165, 1.54) is 25.7 Å². The van der Waals surface area contributed by atoms with E-state index < -0.39 is 0 Å². The monoisotopic (exact) mass is 200 g/mol. The summed E-state index contributed by atoms with van der Waals surface area (Å²) in [7, 11) is 0. The fourth-order valence-corrected chi connectivity index (χ4v) is 1.62. The highest BCUT2D eigenvalue weighted by Crippen LogP contribution is 2.33. The third kappa shape index (κ3) is 2.40. The first-order chi connectivity index (χ1) is 6.40. The summed E-state index contributed by atoms with van der Waals surface area (Å²) in [5.74, 6) is 2.16. The van der Waals surface area contributed by atoms with Crippen LogP contribution in [-0.2, 0) is 12.4 Å². The number of hydrogen-bond donors (Lipinski definition) is 0. The van der Waals surface area contributed by atoms with Crippen molar-refractivity contribution in [3.05, 3.63) is 5.82 Å². The van der Waals surface area contributed by atoms with Gasteiger partial charge >= 0.3 is 0 Å². The van der Waals surface area contributed by atoms with Crippen molar-refractivity contribution in [3.63, 3.8) is 0 Å². The third-order valence-electron chi connectivity index (χ3n) is 2.40. The number of hydrogen-bond acceptors (Lipinski definition) is 3. The van der Waals surface area contributed by atoms with Gasteiger partial charge < -0.3 is 0 Å². The Morgan fingerprint density at radius 2 is 2.31 bits per heavy atom. The van der Waals surface area contributed by atoms with Crippen LogP contribution in [0.5, 0.6) is 0 Å². The van der Waals surface area contributed by atoms with E-state index in [0.29, 0.717) is 5.88 Å². The smallest absolute Gasteiger partial charge is 0.165 e. The summed E-state index contributed by atoms with van der Waals surface area (Å²) in [6, 6.07) is 0. The lowest BCUT2D eigenvalue weighted by Crippen LogP contribution is -2.04. The zero-order valence-corrected chi connectivity index (χ0v) is 8.24. The third-order valence-corrected chi connectivity index (χ3v) is 2.64. The van der Waals surface area contributed by atoms with Crippen molar-refractivity contribution in [3.8, 4) is 0 Å². The van der Waals surface area contributed by atoms with Gasteiger partial charge in [0.05, 0.1) is 5.88 Å². The van der Waals surface area contributed by atoms with Crippen LogP contribution in [0.3, 0.4) is 0 Å². The summed E-state index contributed by atoms with van der Waals surface area (Å²) in [6.07, 6.45) is 5.30. The molecule has 5 heteroatoms. The molecule has 13 heavy (non-hydrogen) atoms. The fraction of sp³-hybridized carbons (Fsp3) is 0.875. The van der Waals surface area contributed by atoms with Crippen LogP contribution in [0.4, 0.5) is 0 Å². The summed E-state index contributed by atoms with van der Waals surface area (Å²) in [6.45, 7) is 0.908. The molecule has 0 atom stereocenters. The number of tetrazole rings is 1. The van der Waals surface area contributed by atoms with E-state index >= 15 is 0 Å². The Morgan fingerprint density at radius 3 is 3.00 bits per heavy atom. The van der Waals surface area contributed by atoms with E-state index in [4.69, 9.17) is 11.6 Å². The quantitative estimate of drug-likeness (QED) is 0.679. The van der Waals surface area contributed by atoms with Crippen molar-refractivity contribution >= 4 is 11.6 Å². The summed E-state index contributed by atoms with van der Waals surface area (Å²) >= 11 is 5.66. The van der Waals surface area contributed by atoms with Crippen LogP contribution in [0.1, 0.15) is 31.5 Å². The lowest BCUT2D eigenvalue weighted by atomic mass is 10.2. The van der Waals surface area contributed by atoms with Crippen LogP contribution < -0.4 is 0 Å². The highest BCUT2D eigenvalue weighted by molar-refractivity contribution is 6.16. The van der Waals surface area contributed by atoms with Gasteiger partial charge in [0.1, 0.15) is 0 Å².